The number of carboxylic acids is 2. The molecule has 284 valence electrons. The summed E-state index contributed by atoms with van der Waals surface area (Å²) in [7, 11) is 0. The van der Waals surface area contributed by atoms with Crippen LogP contribution in [-0.2, 0) is 48.0 Å². The van der Waals surface area contributed by atoms with Gasteiger partial charge < -0.3 is 111 Å². The number of ether oxygens (including phenoxy) is 4. The van der Waals surface area contributed by atoms with Crippen molar-refractivity contribution in [1.29, 1.82) is 0 Å². The maximum absolute atomic E-state index is 10.7. The summed E-state index contributed by atoms with van der Waals surface area (Å²) in [5, 5.41) is 169. The summed E-state index contributed by atoms with van der Waals surface area (Å²) >= 11 is 0. The van der Waals surface area contributed by atoms with E-state index in [0.29, 0.717) is 0 Å². The summed E-state index contributed by atoms with van der Waals surface area (Å²) in [6.07, 6.45) is -33.9. The van der Waals surface area contributed by atoms with Crippen LogP contribution in [0.1, 0.15) is 0 Å². The average molecular weight is 782 g/mol. The fraction of sp³-hybridized carbons (Fsp3) is 0.917. The van der Waals surface area contributed by atoms with Crippen LogP contribution < -0.4 is 0 Å². The first-order chi connectivity index (χ1) is 22.3. The van der Waals surface area contributed by atoms with Gasteiger partial charge in [0, 0.05) is 0 Å². The minimum atomic E-state index is -2.39. The molecule has 2 heterocycles. The SMILES string of the molecule is O=C(O)[C@H](O)[C@@H](O)[C@H](O[C@@H]1OC(CO)[C@H](O)C(O)C1O)[C@H](O)CO.O=C(O)[C@H](O)[C@@H](O)[C@H](O[C@@H]1OC(CO)[C@H](O)C(O)C1O)[C@H](O)CO.[Zn+2]. The zero-order valence-electron chi connectivity index (χ0n) is 25.4. The molecule has 2 aliphatic heterocycles. The van der Waals surface area contributed by atoms with E-state index in [-0.39, 0.29) is 19.5 Å². The first-order valence-corrected chi connectivity index (χ1v) is 14.0. The van der Waals surface area contributed by atoms with Gasteiger partial charge >= 0.3 is 31.4 Å². The summed E-state index contributed by atoms with van der Waals surface area (Å²) in [4.78, 5) is 21.4. The molecular weight excluding hydrogens is 738 g/mol. The molecule has 0 aromatic carbocycles. The third-order valence-electron chi connectivity index (χ3n) is 7.24. The Balaban J connectivity index is 0.000000922. The van der Waals surface area contributed by atoms with Crippen molar-refractivity contribution in [2.75, 3.05) is 26.4 Å². The van der Waals surface area contributed by atoms with Crippen LogP contribution in [0.3, 0.4) is 0 Å². The predicted octanol–water partition coefficient (Wildman–Crippen LogP) is -11.3. The fourth-order valence-corrected chi connectivity index (χ4v) is 4.33. The van der Waals surface area contributed by atoms with Crippen molar-refractivity contribution in [2.24, 2.45) is 0 Å². The Hall–Kier alpha value is -1.24. The van der Waals surface area contributed by atoms with Gasteiger partial charge in [-0.15, -0.1) is 0 Å². The molecule has 0 aliphatic carbocycles. The van der Waals surface area contributed by atoms with E-state index in [1.54, 1.807) is 0 Å². The maximum Gasteiger partial charge on any atom is 2.00 e. The molecule has 0 aromatic heterocycles. The van der Waals surface area contributed by atoms with Crippen molar-refractivity contribution in [2.45, 2.75) is 110 Å². The Kier molecular flexibility index (Phi) is 21.4. The zero-order valence-corrected chi connectivity index (χ0v) is 28.4. The van der Waals surface area contributed by atoms with Crippen LogP contribution in [0.5, 0.6) is 0 Å². The molecule has 0 amide bonds. The molecule has 25 heteroatoms. The molecule has 18 atom stereocenters. The second kappa shape index (κ2) is 22.0. The number of carbonyl (C=O) groups is 2. The van der Waals surface area contributed by atoms with Gasteiger partial charge in [0.05, 0.1) is 26.4 Å². The molecule has 6 unspecified atom stereocenters. The van der Waals surface area contributed by atoms with Crippen LogP contribution in [0.2, 0.25) is 0 Å². The summed E-state index contributed by atoms with van der Waals surface area (Å²) in [5.41, 5.74) is 0. The number of hydrogen-bond acceptors (Lipinski definition) is 22. The molecule has 0 radical (unpaired) electrons. The molecule has 2 aliphatic rings. The van der Waals surface area contributed by atoms with Crippen molar-refractivity contribution in [3.8, 4) is 0 Å². The predicted molar refractivity (Wildman–Crippen MR) is 143 cm³/mol. The monoisotopic (exact) mass is 780 g/mol. The molecule has 2 rings (SSSR count). The summed E-state index contributed by atoms with van der Waals surface area (Å²) in [5.74, 6) is -3.68. The van der Waals surface area contributed by atoms with Gasteiger partial charge in [-0.2, -0.15) is 0 Å². The Labute approximate surface area is 288 Å². The van der Waals surface area contributed by atoms with Crippen molar-refractivity contribution >= 4 is 11.9 Å². The van der Waals surface area contributed by atoms with Crippen molar-refractivity contribution in [3.63, 3.8) is 0 Å². The largest absolute Gasteiger partial charge is 2.00 e. The van der Waals surface area contributed by atoms with Gasteiger partial charge in [-0.1, -0.05) is 0 Å². The summed E-state index contributed by atoms with van der Waals surface area (Å²) in [6.45, 7) is -3.52. The normalized spacial score (nSPS) is 35.2. The number of aliphatic carboxylic acids is 2. The van der Waals surface area contributed by atoms with Gasteiger partial charge in [-0.3, -0.25) is 0 Å². The molecule has 2 fully saturated rings. The minimum Gasteiger partial charge on any atom is -0.479 e. The van der Waals surface area contributed by atoms with E-state index in [1.165, 1.54) is 0 Å². The van der Waals surface area contributed by atoms with E-state index in [9.17, 15) is 70.9 Å². The van der Waals surface area contributed by atoms with Crippen molar-refractivity contribution in [3.05, 3.63) is 0 Å². The van der Waals surface area contributed by atoms with Crippen LogP contribution >= 0.6 is 0 Å². The van der Waals surface area contributed by atoms with Gasteiger partial charge in [0.25, 0.3) is 0 Å². The third-order valence-corrected chi connectivity index (χ3v) is 7.24. The molecule has 49 heavy (non-hydrogen) atoms. The third kappa shape index (κ3) is 12.4. The number of hydrogen-bond donors (Lipinski definition) is 18. The second-order valence-electron chi connectivity index (χ2n) is 10.6. The average Bonchev–Trinajstić information content (AvgIpc) is 3.07. The Bertz CT molecular complexity index is 888. The van der Waals surface area contributed by atoms with Crippen LogP contribution in [0.4, 0.5) is 0 Å². The smallest absolute Gasteiger partial charge is 0.479 e. The maximum atomic E-state index is 10.7. The molecule has 0 saturated carbocycles. The number of carboxylic acid groups (broad SMARTS) is 2. The Morgan fingerprint density at radius 2 is 0.816 bits per heavy atom. The van der Waals surface area contributed by atoms with Gasteiger partial charge in [0.15, 0.2) is 24.8 Å². The van der Waals surface area contributed by atoms with Gasteiger partial charge in [-0.25, -0.2) is 9.59 Å². The second-order valence-corrected chi connectivity index (χ2v) is 10.6. The molecule has 0 spiro atoms. The molecule has 0 aromatic rings. The topological polar surface area (TPSA) is 435 Å². The van der Waals surface area contributed by atoms with Gasteiger partial charge in [-0.05, 0) is 0 Å². The standard InChI is InChI=1S/2C12H22O12.Zn/c2*13-1-3(15)10(7(18)8(19)11(21)22)24-12-9(20)6(17)5(16)4(2-14)23-12;/h2*3-10,12-20H,1-2H2,(H,21,22);/q;;+2/t2*3-,4?,5+,6?,7-,8-,9?,10-,12+;/m11./s1. The summed E-state index contributed by atoms with van der Waals surface area (Å²) in [6, 6.07) is 0. The number of rotatable bonds is 16. The van der Waals surface area contributed by atoms with E-state index in [1.807, 2.05) is 0 Å². The van der Waals surface area contributed by atoms with E-state index in [4.69, 9.17) is 49.6 Å². The van der Waals surface area contributed by atoms with Gasteiger partial charge in [0.1, 0.15) is 85.5 Å². The first-order valence-electron chi connectivity index (χ1n) is 14.0. The quantitative estimate of drug-likeness (QED) is 0.0646. The minimum absolute atomic E-state index is 0. The Morgan fingerprint density at radius 1 is 0.531 bits per heavy atom. The zero-order chi connectivity index (χ0) is 37.2. The van der Waals surface area contributed by atoms with E-state index in [2.05, 4.69) is 0 Å². The number of aliphatic hydroxyl groups excluding tert-OH is 16. The number of aliphatic hydroxyl groups is 16. The van der Waals surface area contributed by atoms with Crippen LogP contribution in [0.25, 0.3) is 0 Å². The molecule has 18 N–H and O–H groups in total. The van der Waals surface area contributed by atoms with Crippen molar-refractivity contribution in [1.82, 2.24) is 0 Å². The van der Waals surface area contributed by atoms with E-state index >= 15 is 0 Å². The molecule has 0 bridgehead atoms. The Morgan fingerprint density at radius 3 is 1.04 bits per heavy atom. The van der Waals surface area contributed by atoms with E-state index in [0.717, 1.165) is 0 Å². The van der Waals surface area contributed by atoms with E-state index < -0.39 is 149 Å². The van der Waals surface area contributed by atoms with Crippen LogP contribution in [-0.4, -0.2) is 241 Å². The van der Waals surface area contributed by atoms with Crippen LogP contribution in [0, 0.1) is 0 Å². The molecule has 2 saturated heterocycles. The summed E-state index contributed by atoms with van der Waals surface area (Å²) < 4.78 is 20.0. The van der Waals surface area contributed by atoms with Crippen LogP contribution in [0.15, 0.2) is 0 Å². The first kappa shape index (κ1) is 47.8. The molecular formula is C24H44O24Zn+2. The fourth-order valence-electron chi connectivity index (χ4n) is 4.33. The van der Waals surface area contributed by atoms with Crippen molar-refractivity contribution < 1.29 is 140 Å². The van der Waals surface area contributed by atoms with Gasteiger partial charge in [0.2, 0.25) is 0 Å². The molecule has 24 nitrogen and oxygen atoms in total.